The summed E-state index contributed by atoms with van der Waals surface area (Å²) in [5, 5.41) is 10.3. The van der Waals surface area contributed by atoms with E-state index in [1.165, 1.54) is 31.3 Å². The first kappa shape index (κ1) is 10.9. The molecule has 2 atom stereocenters. The van der Waals surface area contributed by atoms with Crippen LogP contribution >= 0.6 is 0 Å². The highest BCUT2D eigenvalue weighted by molar-refractivity contribution is 5.12. The molecule has 2 aliphatic rings. The zero-order chi connectivity index (χ0) is 10.5. The van der Waals surface area contributed by atoms with Crippen molar-refractivity contribution in [1.29, 1.82) is 0 Å². The average Bonchev–Trinajstić information content (AvgIpc) is 2.58. The van der Waals surface area contributed by atoms with Crippen molar-refractivity contribution >= 4 is 0 Å². The Morgan fingerprint density at radius 2 is 2.07 bits per heavy atom. The van der Waals surface area contributed by atoms with Gasteiger partial charge < -0.3 is 5.11 Å². The summed E-state index contributed by atoms with van der Waals surface area (Å²) in [4.78, 5) is 0. The van der Waals surface area contributed by atoms with E-state index < -0.39 is 0 Å². The third-order valence-electron chi connectivity index (χ3n) is 3.71. The van der Waals surface area contributed by atoms with Crippen molar-refractivity contribution in [1.82, 2.24) is 0 Å². The highest BCUT2D eigenvalue weighted by atomic mass is 16.3. The number of rotatable bonds is 2. The number of aliphatic hydroxyl groups is 1. The highest BCUT2D eigenvalue weighted by Gasteiger charge is 2.22. The van der Waals surface area contributed by atoms with Crippen LogP contribution in [-0.2, 0) is 0 Å². The van der Waals surface area contributed by atoms with Gasteiger partial charge in [0.05, 0.1) is 6.10 Å². The van der Waals surface area contributed by atoms with Crippen LogP contribution in [0.2, 0.25) is 0 Å². The van der Waals surface area contributed by atoms with E-state index in [-0.39, 0.29) is 6.10 Å². The van der Waals surface area contributed by atoms with Gasteiger partial charge in [-0.05, 0) is 56.4 Å². The van der Waals surface area contributed by atoms with Gasteiger partial charge in [0.2, 0.25) is 0 Å². The minimum Gasteiger partial charge on any atom is -0.388 e. The first-order valence-electron chi connectivity index (χ1n) is 6.40. The zero-order valence-corrected chi connectivity index (χ0v) is 9.49. The average molecular weight is 206 g/mol. The predicted molar refractivity (Wildman–Crippen MR) is 63.7 cm³/mol. The second-order valence-electron chi connectivity index (χ2n) is 4.87. The van der Waals surface area contributed by atoms with Crippen molar-refractivity contribution in [3.8, 4) is 0 Å². The Morgan fingerprint density at radius 3 is 2.87 bits per heavy atom. The van der Waals surface area contributed by atoms with Gasteiger partial charge in [-0.25, -0.2) is 0 Å². The van der Waals surface area contributed by atoms with Crippen molar-refractivity contribution in [2.75, 3.05) is 0 Å². The lowest BCUT2D eigenvalue weighted by molar-refractivity contribution is 0.131. The Bertz CT molecular complexity index is 252. The molecule has 15 heavy (non-hydrogen) atoms. The summed E-state index contributed by atoms with van der Waals surface area (Å²) < 4.78 is 0. The molecule has 0 radical (unpaired) electrons. The van der Waals surface area contributed by atoms with E-state index in [0.29, 0.717) is 5.92 Å². The minimum atomic E-state index is -0.159. The van der Waals surface area contributed by atoms with Gasteiger partial charge in [-0.3, -0.25) is 0 Å². The largest absolute Gasteiger partial charge is 0.388 e. The lowest BCUT2D eigenvalue weighted by Crippen LogP contribution is -2.23. The van der Waals surface area contributed by atoms with E-state index in [1.807, 2.05) is 0 Å². The molecule has 2 unspecified atom stereocenters. The molecule has 2 rings (SSSR count). The van der Waals surface area contributed by atoms with Crippen molar-refractivity contribution in [2.24, 2.45) is 5.92 Å². The van der Waals surface area contributed by atoms with Gasteiger partial charge in [-0.1, -0.05) is 24.6 Å². The molecule has 0 aromatic rings. The Labute approximate surface area is 92.9 Å². The second kappa shape index (κ2) is 5.50. The molecule has 2 aliphatic carbocycles. The van der Waals surface area contributed by atoms with E-state index in [1.54, 1.807) is 0 Å². The SMILES string of the molecule is OC(C1=CCCCCC1)C1CC=CCC1. The topological polar surface area (TPSA) is 20.2 Å². The summed E-state index contributed by atoms with van der Waals surface area (Å²) in [7, 11) is 0. The summed E-state index contributed by atoms with van der Waals surface area (Å²) in [6, 6.07) is 0. The minimum absolute atomic E-state index is 0.159. The maximum absolute atomic E-state index is 10.3. The van der Waals surface area contributed by atoms with E-state index >= 15 is 0 Å². The Hall–Kier alpha value is -0.560. The van der Waals surface area contributed by atoms with Crippen LogP contribution in [0, 0.1) is 5.92 Å². The van der Waals surface area contributed by atoms with Crippen molar-refractivity contribution in [3.05, 3.63) is 23.8 Å². The number of hydrogen-bond donors (Lipinski definition) is 1. The monoisotopic (exact) mass is 206 g/mol. The molecule has 0 fully saturated rings. The lowest BCUT2D eigenvalue weighted by atomic mass is 9.84. The highest BCUT2D eigenvalue weighted by Crippen LogP contribution is 2.29. The first-order chi connectivity index (χ1) is 7.38. The van der Waals surface area contributed by atoms with Gasteiger partial charge in [-0.2, -0.15) is 0 Å². The molecule has 1 N–H and O–H groups in total. The third kappa shape index (κ3) is 2.94. The first-order valence-corrected chi connectivity index (χ1v) is 6.40. The van der Waals surface area contributed by atoms with Crippen LogP contribution in [0.4, 0.5) is 0 Å². The molecular formula is C14H22O. The Morgan fingerprint density at radius 1 is 1.13 bits per heavy atom. The van der Waals surface area contributed by atoms with Gasteiger partial charge in [0, 0.05) is 0 Å². The lowest BCUT2D eigenvalue weighted by Gasteiger charge is -2.25. The van der Waals surface area contributed by atoms with Crippen molar-refractivity contribution < 1.29 is 5.11 Å². The fraction of sp³-hybridized carbons (Fsp3) is 0.714. The van der Waals surface area contributed by atoms with Crippen LogP contribution in [0.5, 0.6) is 0 Å². The molecule has 0 aromatic heterocycles. The van der Waals surface area contributed by atoms with Crippen LogP contribution in [0.1, 0.15) is 51.4 Å². The van der Waals surface area contributed by atoms with E-state index in [2.05, 4.69) is 18.2 Å². The van der Waals surface area contributed by atoms with Gasteiger partial charge >= 0.3 is 0 Å². The Balaban J connectivity index is 1.95. The van der Waals surface area contributed by atoms with E-state index in [0.717, 1.165) is 25.7 Å². The molecule has 1 heteroatoms. The molecular weight excluding hydrogens is 184 g/mol. The van der Waals surface area contributed by atoms with Crippen LogP contribution in [0.3, 0.4) is 0 Å². The van der Waals surface area contributed by atoms with E-state index in [4.69, 9.17) is 0 Å². The van der Waals surface area contributed by atoms with Crippen LogP contribution < -0.4 is 0 Å². The number of allylic oxidation sites excluding steroid dienone is 3. The summed E-state index contributed by atoms with van der Waals surface area (Å²) in [5.41, 5.74) is 1.33. The summed E-state index contributed by atoms with van der Waals surface area (Å²) in [6.45, 7) is 0. The molecule has 0 bridgehead atoms. The van der Waals surface area contributed by atoms with Gasteiger partial charge in [0.1, 0.15) is 0 Å². The summed E-state index contributed by atoms with van der Waals surface area (Å²) in [5.74, 6) is 0.486. The van der Waals surface area contributed by atoms with Gasteiger partial charge in [-0.15, -0.1) is 0 Å². The quantitative estimate of drug-likeness (QED) is 0.684. The third-order valence-corrected chi connectivity index (χ3v) is 3.71. The molecule has 0 amide bonds. The van der Waals surface area contributed by atoms with Crippen molar-refractivity contribution in [3.63, 3.8) is 0 Å². The molecule has 0 spiro atoms. The molecule has 0 saturated carbocycles. The van der Waals surface area contributed by atoms with Crippen LogP contribution in [0.25, 0.3) is 0 Å². The smallest absolute Gasteiger partial charge is 0.0781 e. The number of aliphatic hydroxyl groups excluding tert-OH is 1. The zero-order valence-electron chi connectivity index (χ0n) is 9.49. The maximum Gasteiger partial charge on any atom is 0.0781 e. The molecule has 0 heterocycles. The Kier molecular flexibility index (Phi) is 4.01. The standard InChI is InChI=1S/C14H22O/c15-14(13-10-6-3-7-11-13)12-8-4-1-2-5-9-12/h3,6,8,13-15H,1-2,4-5,7,9-11H2. The van der Waals surface area contributed by atoms with Crippen LogP contribution in [0.15, 0.2) is 23.8 Å². The second-order valence-corrected chi connectivity index (χ2v) is 4.87. The van der Waals surface area contributed by atoms with Gasteiger partial charge in [0.25, 0.3) is 0 Å². The predicted octanol–water partition coefficient (Wildman–Crippen LogP) is 3.59. The molecule has 84 valence electrons. The van der Waals surface area contributed by atoms with E-state index in [9.17, 15) is 5.11 Å². The fourth-order valence-electron chi connectivity index (χ4n) is 2.71. The molecule has 0 aromatic carbocycles. The molecule has 0 aliphatic heterocycles. The molecule has 0 saturated heterocycles. The number of hydrogen-bond acceptors (Lipinski definition) is 1. The van der Waals surface area contributed by atoms with Gasteiger partial charge in [0.15, 0.2) is 0 Å². The van der Waals surface area contributed by atoms with Crippen molar-refractivity contribution in [2.45, 2.75) is 57.5 Å². The molecule has 1 nitrogen and oxygen atoms in total. The summed E-state index contributed by atoms with van der Waals surface area (Å²) >= 11 is 0. The summed E-state index contributed by atoms with van der Waals surface area (Å²) in [6.07, 6.45) is 16.2. The normalized spacial score (nSPS) is 29.4. The maximum atomic E-state index is 10.3. The van der Waals surface area contributed by atoms with Crippen LogP contribution in [-0.4, -0.2) is 11.2 Å². The fourth-order valence-corrected chi connectivity index (χ4v) is 2.71.